The molecule has 1 N–H and O–H groups in total. The number of amides is 3. The number of carbonyl (C=O) groups excluding carboxylic acids is 2. The molecule has 4 rings (SSSR count). The zero-order chi connectivity index (χ0) is 21.8. The van der Waals surface area contributed by atoms with E-state index in [1.54, 1.807) is 48.5 Å². The highest BCUT2D eigenvalue weighted by atomic mass is 19.1. The Morgan fingerprint density at radius 3 is 2.26 bits per heavy atom. The molecule has 7 heteroatoms. The molecule has 0 spiro atoms. The summed E-state index contributed by atoms with van der Waals surface area (Å²) in [4.78, 5) is 25.8. The minimum absolute atomic E-state index is 0.0543. The summed E-state index contributed by atoms with van der Waals surface area (Å²) in [5, 5.41) is 2.51. The van der Waals surface area contributed by atoms with Gasteiger partial charge in [-0.3, -0.25) is 9.69 Å². The Balaban J connectivity index is 1.48. The topological polar surface area (TPSA) is 58.6 Å². The molecule has 1 aliphatic heterocycles. The second-order valence-corrected chi connectivity index (χ2v) is 6.92. The molecular weight excluding hydrogens is 402 g/mol. The van der Waals surface area contributed by atoms with E-state index in [0.717, 1.165) is 4.90 Å². The van der Waals surface area contributed by atoms with Crippen LogP contribution in [0.3, 0.4) is 0 Å². The van der Waals surface area contributed by atoms with E-state index in [0.29, 0.717) is 16.9 Å². The molecule has 1 fully saturated rings. The first-order valence-electron chi connectivity index (χ1n) is 9.55. The lowest BCUT2D eigenvalue weighted by Gasteiger charge is -2.12. The standard InChI is InChI=1S/C24H18F2N2O3/c25-20-10-3-1-7-17(20)14-28-23(29)22(27-24(28)30)13-16-6-5-9-19(12-16)31-15-18-8-2-4-11-21(18)26/h1-13H,14-15H2,(H,27,30)/b22-13+. The van der Waals surface area contributed by atoms with Gasteiger partial charge in [-0.1, -0.05) is 48.5 Å². The third-order valence-corrected chi connectivity index (χ3v) is 4.77. The highest BCUT2D eigenvalue weighted by molar-refractivity contribution is 6.13. The molecule has 0 aliphatic carbocycles. The number of hydrogen-bond acceptors (Lipinski definition) is 3. The summed E-state index contributed by atoms with van der Waals surface area (Å²) in [5.74, 6) is -0.904. The summed E-state index contributed by atoms with van der Waals surface area (Å²) in [5.41, 5.74) is 1.36. The quantitative estimate of drug-likeness (QED) is 0.467. The molecule has 0 saturated carbocycles. The van der Waals surface area contributed by atoms with Crippen molar-refractivity contribution >= 4 is 18.0 Å². The van der Waals surface area contributed by atoms with Gasteiger partial charge in [-0.2, -0.15) is 0 Å². The van der Waals surface area contributed by atoms with Gasteiger partial charge in [0, 0.05) is 11.1 Å². The van der Waals surface area contributed by atoms with Crippen molar-refractivity contribution in [1.29, 1.82) is 0 Å². The average Bonchev–Trinajstić information content (AvgIpc) is 3.02. The molecule has 3 aromatic carbocycles. The molecular formula is C24H18F2N2O3. The molecule has 1 heterocycles. The van der Waals surface area contributed by atoms with Crippen LogP contribution in [0.5, 0.6) is 5.75 Å². The maximum Gasteiger partial charge on any atom is 0.329 e. The number of imide groups is 1. The lowest BCUT2D eigenvalue weighted by Crippen LogP contribution is -2.30. The molecule has 156 valence electrons. The van der Waals surface area contributed by atoms with Gasteiger partial charge < -0.3 is 10.1 Å². The van der Waals surface area contributed by atoms with Crippen LogP contribution in [0.4, 0.5) is 13.6 Å². The first-order chi connectivity index (χ1) is 15.0. The number of nitrogens with one attached hydrogen (secondary N) is 1. The Bertz CT molecular complexity index is 1180. The van der Waals surface area contributed by atoms with Gasteiger partial charge >= 0.3 is 6.03 Å². The van der Waals surface area contributed by atoms with E-state index in [-0.39, 0.29) is 30.2 Å². The molecule has 0 bridgehead atoms. The normalized spacial score (nSPS) is 14.8. The maximum absolute atomic E-state index is 13.9. The van der Waals surface area contributed by atoms with Crippen LogP contribution < -0.4 is 10.1 Å². The zero-order valence-electron chi connectivity index (χ0n) is 16.3. The first kappa shape index (κ1) is 20.3. The van der Waals surface area contributed by atoms with Crippen LogP contribution in [0.1, 0.15) is 16.7 Å². The van der Waals surface area contributed by atoms with Crippen molar-refractivity contribution in [3.63, 3.8) is 0 Å². The summed E-state index contributed by atoms with van der Waals surface area (Å²) in [7, 11) is 0. The van der Waals surface area contributed by atoms with E-state index >= 15 is 0 Å². The molecule has 1 aliphatic rings. The molecule has 0 unspecified atom stereocenters. The number of hydrogen-bond donors (Lipinski definition) is 1. The number of benzene rings is 3. The van der Waals surface area contributed by atoms with Gasteiger partial charge in [0.05, 0.1) is 6.54 Å². The Kier molecular flexibility index (Phi) is 5.75. The van der Waals surface area contributed by atoms with Crippen LogP contribution in [0.25, 0.3) is 6.08 Å². The van der Waals surface area contributed by atoms with Crippen LogP contribution in [0, 0.1) is 11.6 Å². The maximum atomic E-state index is 13.9. The molecule has 1 saturated heterocycles. The van der Waals surface area contributed by atoms with Crippen LogP contribution in [0.2, 0.25) is 0 Å². The second-order valence-electron chi connectivity index (χ2n) is 6.92. The fraction of sp³-hybridized carbons (Fsp3) is 0.0833. The highest BCUT2D eigenvalue weighted by Crippen LogP contribution is 2.21. The summed E-state index contributed by atoms with van der Waals surface area (Å²) in [6.07, 6.45) is 1.51. The van der Waals surface area contributed by atoms with Crippen molar-refractivity contribution in [3.05, 3.63) is 107 Å². The second kappa shape index (κ2) is 8.79. The van der Waals surface area contributed by atoms with Gasteiger partial charge in [-0.05, 0) is 35.9 Å². The van der Waals surface area contributed by atoms with Gasteiger partial charge in [0.25, 0.3) is 5.91 Å². The molecule has 0 atom stereocenters. The van der Waals surface area contributed by atoms with Gasteiger partial charge in [-0.15, -0.1) is 0 Å². The first-order valence-corrected chi connectivity index (χ1v) is 9.55. The lowest BCUT2D eigenvalue weighted by atomic mass is 10.1. The van der Waals surface area contributed by atoms with Gasteiger partial charge in [0.1, 0.15) is 29.7 Å². The zero-order valence-corrected chi connectivity index (χ0v) is 16.3. The summed E-state index contributed by atoms with van der Waals surface area (Å²) >= 11 is 0. The van der Waals surface area contributed by atoms with Crippen molar-refractivity contribution in [1.82, 2.24) is 10.2 Å². The molecule has 0 radical (unpaired) electrons. The number of halogens is 2. The Labute approximate surface area is 177 Å². The predicted molar refractivity (Wildman–Crippen MR) is 111 cm³/mol. The van der Waals surface area contributed by atoms with Gasteiger partial charge in [-0.25, -0.2) is 13.6 Å². The molecule has 5 nitrogen and oxygen atoms in total. The number of urea groups is 1. The van der Waals surface area contributed by atoms with Gasteiger partial charge in [0.15, 0.2) is 0 Å². The van der Waals surface area contributed by atoms with Gasteiger partial charge in [0.2, 0.25) is 0 Å². The minimum Gasteiger partial charge on any atom is -0.489 e. The van der Waals surface area contributed by atoms with Crippen molar-refractivity contribution < 1.29 is 23.1 Å². The van der Waals surface area contributed by atoms with Crippen LogP contribution in [-0.2, 0) is 17.9 Å². The fourth-order valence-electron chi connectivity index (χ4n) is 3.15. The molecule has 31 heavy (non-hydrogen) atoms. The monoisotopic (exact) mass is 420 g/mol. The SMILES string of the molecule is O=C1N/C(=C/c2cccc(OCc3ccccc3F)c2)C(=O)N1Cc1ccccc1F. The summed E-state index contributed by atoms with van der Waals surface area (Å²) < 4.78 is 33.3. The minimum atomic E-state index is -0.619. The Morgan fingerprint density at radius 2 is 1.55 bits per heavy atom. The fourth-order valence-corrected chi connectivity index (χ4v) is 3.15. The number of ether oxygens (including phenoxy) is 1. The van der Waals surface area contributed by atoms with Crippen LogP contribution in [-0.4, -0.2) is 16.8 Å². The Morgan fingerprint density at radius 1 is 0.871 bits per heavy atom. The Hall–Kier alpha value is -4.00. The van der Waals surface area contributed by atoms with E-state index in [4.69, 9.17) is 4.74 Å². The number of nitrogens with zero attached hydrogens (tertiary/aromatic N) is 1. The third kappa shape index (κ3) is 4.61. The van der Waals surface area contributed by atoms with E-state index < -0.39 is 17.8 Å². The molecule has 0 aromatic heterocycles. The summed E-state index contributed by atoms with van der Waals surface area (Å²) in [6.45, 7) is -0.112. The van der Waals surface area contributed by atoms with Crippen molar-refractivity contribution in [2.24, 2.45) is 0 Å². The lowest BCUT2D eigenvalue weighted by molar-refractivity contribution is -0.123. The largest absolute Gasteiger partial charge is 0.489 e. The van der Waals surface area contributed by atoms with Crippen molar-refractivity contribution in [2.45, 2.75) is 13.2 Å². The van der Waals surface area contributed by atoms with E-state index in [1.807, 2.05) is 0 Å². The van der Waals surface area contributed by atoms with Crippen LogP contribution >= 0.6 is 0 Å². The predicted octanol–water partition coefficient (Wildman–Crippen LogP) is 4.64. The number of carbonyl (C=O) groups is 2. The molecule has 3 aromatic rings. The smallest absolute Gasteiger partial charge is 0.329 e. The third-order valence-electron chi connectivity index (χ3n) is 4.77. The number of rotatable bonds is 6. The average molecular weight is 420 g/mol. The highest BCUT2D eigenvalue weighted by Gasteiger charge is 2.33. The summed E-state index contributed by atoms with van der Waals surface area (Å²) in [6, 6.07) is 18.5. The molecule has 3 amide bonds. The van der Waals surface area contributed by atoms with Crippen molar-refractivity contribution in [3.8, 4) is 5.75 Å². The van der Waals surface area contributed by atoms with Crippen molar-refractivity contribution in [2.75, 3.05) is 0 Å². The van der Waals surface area contributed by atoms with E-state index in [9.17, 15) is 18.4 Å². The van der Waals surface area contributed by atoms with E-state index in [1.165, 1.54) is 30.3 Å². The van der Waals surface area contributed by atoms with E-state index in [2.05, 4.69) is 5.32 Å². The van der Waals surface area contributed by atoms with Crippen LogP contribution in [0.15, 0.2) is 78.5 Å².